The van der Waals surface area contributed by atoms with Crippen molar-refractivity contribution < 1.29 is 9.53 Å². The summed E-state index contributed by atoms with van der Waals surface area (Å²) in [6.07, 6.45) is 0. The summed E-state index contributed by atoms with van der Waals surface area (Å²) in [5.41, 5.74) is 1.27. The van der Waals surface area contributed by atoms with Crippen molar-refractivity contribution in [2.45, 2.75) is 4.90 Å². The van der Waals surface area contributed by atoms with Crippen LogP contribution in [0.2, 0.25) is 0 Å². The van der Waals surface area contributed by atoms with E-state index in [0.717, 1.165) is 10.6 Å². The molecule has 0 fully saturated rings. The number of amides is 1. The van der Waals surface area contributed by atoms with E-state index >= 15 is 0 Å². The first-order chi connectivity index (χ1) is 8.70. The van der Waals surface area contributed by atoms with E-state index in [1.165, 1.54) is 0 Å². The van der Waals surface area contributed by atoms with Gasteiger partial charge in [-0.1, -0.05) is 12.1 Å². The lowest BCUT2D eigenvalue weighted by atomic mass is 10.2. The van der Waals surface area contributed by atoms with Crippen LogP contribution in [0, 0.1) is 0 Å². The van der Waals surface area contributed by atoms with Crippen molar-refractivity contribution in [3.8, 4) is 5.75 Å². The lowest BCUT2D eigenvalue weighted by molar-refractivity contribution is 0.102. The molecule has 0 atom stereocenters. The Bertz CT molecular complexity index is 552. The molecule has 0 aromatic heterocycles. The molecule has 4 heteroatoms. The second kappa shape index (κ2) is 5.60. The summed E-state index contributed by atoms with van der Waals surface area (Å²) in [4.78, 5) is 12.7. The van der Waals surface area contributed by atoms with E-state index in [9.17, 15) is 4.79 Å². The summed E-state index contributed by atoms with van der Waals surface area (Å²) in [7, 11) is 1.59. The van der Waals surface area contributed by atoms with Gasteiger partial charge in [-0.15, -0.1) is 12.6 Å². The average Bonchev–Trinajstić information content (AvgIpc) is 2.41. The summed E-state index contributed by atoms with van der Waals surface area (Å²) in [5.74, 6) is 0.556. The molecule has 2 rings (SSSR count). The molecule has 0 spiro atoms. The molecular weight excluding hydrogens is 246 g/mol. The maximum atomic E-state index is 12.0. The van der Waals surface area contributed by atoms with Crippen LogP contribution in [-0.4, -0.2) is 13.0 Å². The van der Waals surface area contributed by atoms with Gasteiger partial charge in [-0.2, -0.15) is 0 Å². The highest BCUT2D eigenvalue weighted by Crippen LogP contribution is 2.20. The van der Waals surface area contributed by atoms with Crippen LogP contribution in [0.25, 0.3) is 0 Å². The Morgan fingerprint density at radius 1 is 1.11 bits per heavy atom. The van der Waals surface area contributed by atoms with Crippen molar-refractivity contribution in [1.82, 2.24) is 0 Å². The Morgan fingerprint density at radius 2 is 1.78 bits per heavy atom. The van der Waals surface area contributed by atoms with Crippen LogP contribution < -0.4 is 10.1 Å². The molecule has 0 bridgehead atoms. The summed E-state index contributed by atoms with van der Waals surface area (Å²) in [6.45, 7) is 0. The second-order valence-electron chi connectivity index (χ2n) is 3.70. The Hall–Kier alpha value is -1.94. The molecule has 18 heavy (non-hydrogen) atoms. The third-order valence-electron chi connectivity index (χ3n) is 2.50. The van der Waals surface area contributed by atoms with E-state index in [2.05, 4.69) is 17.9 Å². The molecule has 2 aromatic rings. The van der Waals surface area contributed by atoms with Gasteiger partial charge in [0.05, 0.1) is 12.8 Å². The van der Waals surface area contributed by atoms with Crippen LogP contribution in [0.4, 0.5) is 5.69 Å². The van der Waals surface area contributed by atoms with Gasteiger partial charge < -0.3 is 10.1 Å². The van der Waals surface area contributed by atoms with Crippen molar-refractivity contribution in [3.05, 3.63) is 54.1 Å². The number of para-hydroxylation sites is 1. The Balaban J connectivity index is 2.14. The predicted molar refractivity (Wildman–Crippen MR) is 74.6 cm³/mol. The first kappa shape index (κ1) is 12.5. The fourth-order valence-electron chi connectivity index (χ4n) is 1.52. The fraction of sp³-hybridized carbons (Fsp3) is 0.0714. The average molecular weight is 259 g/mol. The van der Waals surface area contributed by atoms with Gasteiger partial charge in [0.15, 0.2) is 0 Å². The van der Waals surface area contributed by atoms with Crippen molar-refractivity contribution >= 4 is 24.2 Å². The maximum absolute atomic E-state index is 12.0. The van der Waals surface area contributed by atoms with Crippen molar-refractivity contribution in [2.24, 2.45) is 0 Å². The molecule has 0 aliphatic rings. The van der Waals surface area contributed by atoms with Crippen LogP contribution in [0.1, 0.15) is 10.4 Å². The van der Waals surface area contributed by atoms with E-state index in [4.69, 9.17) is 4.74 Å². The van der Waals surface area contributed by atoms with Gasteiger partial charge in [0.25, 0.3) is 5.91 Å². The fourth-order valence-corrected chi connectivity index (χ4v) is 1.73. The molecule has 1 N–H and O–H groups in total. The predicted octanol–water partition coefficient (Wildman–Crippen LogP) is 3.24. The minimum absolute atomic E-state index is 0.167. The molecule has 0 unspecified atom stereocenters. The Morgan fingerprint density at radius 3 is 2.39 bits per heavy atom. The SMILES string of the molecule is COc1ccc(C(=O)Nc2ccccc2S)cc1. The largest absolute Gasteiger partial charge is 0.497 e. The van der Waals surface area contributed by atoms with Gasteiger partial charge in [0.1, 0.15) is 5.75 Å². The number of carbonyl (C=O) groups is 1. The molecule has 1 amide bonds. The number of carbonyl (C=O) groups excluding carboxylic acids is 1. The zero-order chi connectivity index (χ0) is 13.0. The summed E-state index contributed by atoms with van der Waals surface area (Å²) < 4.78 is 5.04. The molecule has 2 aromatic carbocycles. The van der Waals surface area contributed by atoms with E-state index in [0.29, 0.717) is 11.3 Å². The van der Waals surface area contributed by atoms with E-state index < -0.39 is 0 Å². The molecular formula is C14H13NO2S. The van der Waals surface area contributed by atoms with Crippen molar-refractivity contribution in [2.75, 3.05) is 12.4 Å². The van der Waals surface area contributed by atoms with Crippen LogP contribution in [0.5, 0.6) is 5.75 Å². The van der Waals surface area contributed by atoms with Gasteiger partial charge >= 0.3 is 0 Å². The number of nitrogens with one attached hydrogen (secondary N) is 1. The lowest BCUT2D eigenvalue weighted by Gasteiger charge is -2.07. The highest BCUT2D eigenvalue weighted by atomic mass is 32.1. The number of benzene rings is 2. The number of anilines is 1. The molecule has 0 aliphatic carbocycles. The van der Waals surface area contributed by atoms with E-state index in [1.54, 1.807) is 31.4 Å². The number of thiol groups is 1. The molecule has 92 valence electrons. The first-order valence-electron chi connectivity index (χ1n) is 5.44. The highest BCUT2D eigenvalue weighted by molar-refractivity contribution is 7.80. The third kappa shape index (κ3) is 2.84. The zero-order valence-electron chi connectivity index (χ0n) is 9.88. The van der Waals surface area contributed by atoms with Gasteiger partial charge in [0.2, 0.25) is 0 Å². The minimum atomic E-state index is -0.167. The smallest absolute Gasteiger partial charge is 0.255 e. The maximum Gasteiger partial charge on any atom is 0.255 e. The summed E-state index contributed by atoms with van der Waals surface area (Å²) in [6, 6.07) is 14.3. The molecule has 0 heterocycles. The van der Waals surface area contributed by atoms with Crippen LogP contribution >= 0.6 is 12.6 Å². The Kier molecular flexibility index (Phi) is 3.89. The number of rotatable bonds is 3. The van der Waals surface area contributed by atoms with Crippen LogP contribution in [0.3, 0.4) is 0 Å². The third-order valence-corrected chi connectivity index (χ3v) is 2.89. The number of methoxy groups -OCH3 is 1. The van der Waals surface area contributed by atoms with Crippen molar-refractivity contribution in [3.63, 3.8) is 0 Å². The standard InChI is InChI=1S/C14H13NO2S/c1-17-11-8-6-10(7-9-11)14(16)15-12-4-2-3-5-13(12)18/h2-9,18H,1H3,(H,15,16). The van der Waals surface area contributed by atoms with Gasteiger partial charge in [0, 0.05) is 10.5 Å². The minimum Gasteiger partial charge on any atom is -0.497 e. The quantitative estimate of drug-likeness (QED) is 0.830. The van der Waals surface area contributed by atoms with Gasteiger partial charge in [-0.3, -0.25) is 4.79 Å². The Labute approximate surface area is 111 Å². The molecule has 0 radical (unpaired) electrons. The van der Waals surface area contributed by atoms with E-state index in [-0.39, 0.29) is 5.91 Å². The molecule has 0 aliphatic heterocycles. The topological polar surface area (TPSA) is 38.3 Å². The molecule has 0 saturated carbocycles. The highest BCUT2D eigenvalue weighted by Gasteiger charge is 2.07. The van der Waals surface area contributed by atoms with Crippen molar-refractivity contribution in [1.29, 1.82) is 0 Å². The second-order valence-corrected chi connectivity index (χ2v) is 4.18. The first-order valence-corrected chi connectivity index (χ1v) is 5.89. The van der Waals surface area contributed by atoms with Gasteiger partial charge in [-0.05, 0) is 36.4 Å². The number of hydrogen-bond acceptors (Lipinski definition) is 3. The van der Waals surface area contributed by atoms with Crippen LogP contribution in [-0.2, 0) is 0 Å². The zero-order valence-corrected chi connectivity index (χ0v) is 10.8. The van der Waals surface area contributed by atoms with Gasteiger partial charge in [-0.25, -0.2) is 0 Å². The van der Waals surface area contributed by atoms with E-state index in [1.807, 2.05) is 24.3 Å². The monoisotopic (exact) mass is 259 g/mol. The van der Waals surface area contributed by atoms with Crippen LogP contribution in [0.15, 0.2) is 53.4 Å². The number of hydrogen-bond donors (Lipinski definition) is 2. The number of ether oxygens (including phenoxy) is 1. The summed E-state index contributed by atoms with van der Waals surface area (Å²) >= 11 is 4.28. The lowest BCUT2D eigenvalue weighted by Crippen LogP contribution is -2.12. The normalized spacial score (nSPS) is 9.89. The summed E-state index contributed by atoms with van der Waals surface area (Å²) in [5, 5.41) is 2.81. The molecule has 3 nitrogen and oxygen atoms in total. The molecule has 0 saturated heterocycles.